The maximum Gasteiger partial charge on any atom is 0.255 e. The number of amides is 1. The zero-order chi connectivity index (χ0) is 19.3. The summed E-state index contributed by atoms with van der Waals surface area (Å²) in [6.45, 7) is 1.37. The second kappa shape index (κ2) is 8.25. The maximum absolute atomic E-state index is 12.7. The average molecular weight is 377 g/mol. The number of rotatable bonds is 5. The molecule has 1 aliphatic rings. The molecule has 1 aliphatic heterocycles. The molecule has 2 aromatic heterocycles. The summed E-state index contributed by atoms with van der Waals surface area (Å²) < 4.78 is 11.3. The molecule has 0 radical (unpaired) electrons. The molecule has 1 saturated heterocycles. The van der Waals surface area contributed by atoms with E-state index in [2.05, 4.69) is 9.97 Å². The fourth-order valence-corrected chi connectivity index (χ4v) is 3.61. The summed E-state index contributed by atoms with van der Waals surface area (Å²) in [7, 11) is 1.66. The van der Waals surface area contributed by atoms with Crippen LogP contribution in [-0.4, -0.2) is 41.0 Å². The number of nitrogens with zero attached hydrogens (tertiary/aromatic N) is 3. The molecule has 1 amide bonds. The van der Waals surface area contributed by atoms with E-state index in [0.29, 0.717) is 24.4 Å². The lowest BCUT2D eigenvalue weighted by Gasteiger charge is -2.31. The van der Waals surface area contributed by atoms with Gasteiger partial charge in [-0.2, -0.15) is 0 Å². The molecule has 1 aromatic carbocycles. The van der Waals surface area contributed by atoms with E-state index < -0.39 is 0 Å². The molecular weight excluding hydrogens is 354 g/mol. The van der Waals surface area contributed by atoms with Gasteiger partial charge in [-0.05, 0) is 42.7 Å². The first-order valence-corrected chi connectivity index (χ1v) is 9.50. The molecule has 0 saturated carbocycles. The van der Waals surface area contributed by atoms with E-state index in [1.165, 1.54) is 0 Å². The lowest BCUT2D eigenvalue weighted by Crippen LogP contribution is -2.39. The number of hydrogen-bond acceptors (Lipinski definition) is 5. The summed E-state index contributed by atoms with van der Waals surface area (Å²) in [4.78, 5) is 23.1. The first-order chi connectivity index (χ1) is 13.7. The van der Waals surface area contributed by atoms with Gasteiger partial charge in [0.1, 0.15) is 11.5 Å². The van der Waals surface area contributed by atoms with E-state index in [0.717, 1.165) is 36.5 Å². The fraction of sp³-hybridized carbons (Fsp3) is 0.318. The quantitative estimate of drug-likeness (QED) is 0.678. The number of ether oxygens (including phenoxy) is 1. The Kier molecular flexibility index (Phi) is 5.37. The highest BCUT2D eigenvalue weighted by molar-refractivity contribution is 5.93. The smallest absolute Gasteiger partial charge is 0.255 e. The van der Waals surface area contributed by atoms with Crippen molar-refractivity contribution < 1.29 is 13.9 Å². The second-order valence-electron chi connectivity index (χ2n) is 7.03. The van der Waals surface area contributed by atoms with Gasteiger partial charge >= 0.3 is 0 Å². The maximum atomic E-state index is 12.7. The number of oxazole rings is 1. The topological polar surface area (TPSA) is 68.5 Å². The van der Waals surface area contributed by atoms with Gasteiger partial charge in [-0.15, -0.1) is 0 Å². The van der Waals surface area contributed by atoms with Crippen LogP contribution in [0, 0.1) is 0 Å². The number of aromatic nitrogens is 2. The lowest BCUT2D eigenvalue weighted by atomic mass is 9.97. The molecule has 3 aromatic rings. The number of piperidine rings is 1. The largest absolute Gasteiger partial charge is 0.497 e. The number of methoxy groups -OCH3 is 1. The van der Waals surface area contributed by atoms with Crippen molar-refractivity contribution in [2.24, 2.45) is 0 Å². The minimum Gasteiger partial charge on any atom is -0.497 e. The molecule has 3 heterocycles. The molecule has 6 heteroatoms. The van der Waals surface area contributed by atoms with Crippen molar-refractivity contribution in [3.63, 3.8) is 0 Å². The van der Waals surface area contributed by atoms with Crippen LogP contribution in [0.5, 0.6) is 5.75 Å². The van der Waals surface area contributed by atoms with Crippen LogP contribution in [0.1, 0.15) is 46.3 Å². The van der Waals surface area contributed by atoms with Gasteiger partial charge in [0.2, 0.25) is 0 Å². The van der Waals surface area contributed by atoms with Crippen LogP contribution >= 0.6 is 0 Å². The van der Waals surface area contributed by atoms with E-state index in [9.17, 15) is 4.79 Å². The van der Waals surface area contributed by atoms with Crippen LogP contribution in [0.25, 0.3) is 0 Å². The van der Waals surface area contributed by atoms with Gasteiger partial charge < -0.3 is 14.1 Å². The van der Waals surface area contributed by atoms with Gasteiger partial charge in [-0.3, -0.25) is 9.78 Å². The summed E-state index contributed by atoms with van der Waals surface area (Å²) in [6.07, 6.45) is 7.64. The van der Waals surface area contributed by atoms with Gasteiger partial charge in [-0.1, -0.05) is 12.1 Å². The number of likely N-dealkylation sites (tertiary alicyclic amines) is 1. The predicted octanol–water partition coefficient (Wildman–Crippen LogP) is 3.69. The first-order valence-electron chi connectivity index (χ1n) is 9.50. The average Bonchev–Trinajstić information content (AvgIpc) is 3.22. The van der Waals surface area contributed by atoms with Crippen LogP contribution in [0.2, 0.25) is 0 Å². The Morgan fingerprint density at radius 2 is 2.21 bits per heavy atom. The SMILES string of the molecule is COc1cccc(Cc2cnc([C@H]3CCCN(C(=O)c4cccnc4)C3)o2)c1. The molecule has 1 fully saturated rings. The zero-order valence-electron chi connectivity index (χ0n) is 15.9. The normalized spacial score (nSPS) is 16.8. The molecular formula is C22H23N3O3. The van der Waals surface area contributed by atoms with Crippen molar-refractivity contribution in [2.45, 2.75) is 25.2 Å². The minimum atomic E-state index is 0.0148. The van der Waals surface area contributed by atoms with E-state index in [1.54, 1.807) is 37.8 Å². The van der Waals surface area contributed by atoms with Gasteiger partial charge in [0.15, 0.2) is 5.89 Å². The van der Waals surface area contributed by atoms with E-state index >= 15 is 0 Å². The third-order valence-corrected chi connectivity index (χ3v) is 5.05. The molecule has 4 rings (SSSR count). The van der Waals surface area contributed by atoms with Crippen molar-refractivity contribution in [1.82, 2.24) is 14.9 Å². The van der Waals surface area contributed by atoms with E-state index in [-0.39, 0.29) is 11.8 Å². The number of benzene rings is 1. The molecule has 0 spiro atoms. The highest BCUT2D eigenvalue weighted by Crippen LogP contribution is 2.28. The van der Waals surface area contributed by atoms with Gasteiger partial charge in [-0.25, -0.2) is 4.98 Å². The molecule has 0 unspecified atom stereocenters. The third-order valence-electron chi connectivity index (χ3n) is 5.05. The Hall–Kier alpha value is -3.15. The highest BCUT2D eigenvalue weighted by Gasteiger charge is 2.28. The number of carbonyl (C=O) groups is 1. The molecule has 0 aliphatic carbocycles. The van der Waals surface area contributed by atoms with Gasteiger partial charge in [0.05, 0.1) is 24.8 Å². The van der Waals surface area contributed by atoms with Gasteiger partial charge in [0, 0.05) is 31.9 Å². The van der Waals surface area contributed by atoms with Crippen molar-refractivity contribution >= 4 is 5.91 Å². The Morgan fingerprint density at radius 1 is 1.29 bits per heavy atom. The first kappa shape index (κ1) is 18.2. The highest BCUT2D eigenvalue weighted by atomic mass is 16.5. The van der Waals surface area contributed by atoms with Crippen molar-refractivity contribution in [3.05, 3.63) is 77.8 Å². The Bertz CT molecular complexity index is 939. The Morgan fingerprint density at radius 3 is 3.04 bits per heavy atom. The minimum absolute atomic E-state index is 0.0148. The third kappa shape index (κ3) is 4.06. The van der Waals surface area contributed by atoms with Crippen molar-refractivity contribution in [3.8, 4) is 5.75 Å². The fourth-order valence-electron chi connectivity index (χ4n) is 3.61. The Labute approximate surface area is 164 Å². The standard InChI is InChI=1S/C22H23N3O3/c1-27-19-8-2-5-16(11-19)12-20-14-24-21(28-20)18-7-4-10-25(15-18)22(26)17-6-3-9-23-13-17/h2-3,5-6,8-9,11,13-14,18H,4,7,10,12,15H2,1H3/t18-/m0/s1. The zero-order valence-corrected chi connectivity index (χ0v) is 15.9. The molecule has 144 valence electrons. The predicted molar refractivity (Wildman–Crippen MR) is 104 cm³/mol. The molecule has 0 bridgehead atoms. The Balaban J connectivity index is 1.43. The summed E-state index contributed by atoms with van der Waals surface area (Å²) >= 11 is 0. The lowest BCUT2D eigenvalue weighted by molar-refractivity contribution is 0.0697. The summed E-state index contributed by atoms with van der Waals surface area (Å²) in [5.41, 5.74) is 1.73. The molecule has 28 heavy (non-hydrogen) atoms. The van der Waals surface area contributed by atoms with Crippen LogP contribution in [0.15, 0.2) is 59.4 Å². The molecule has 6 nitrogen and oxygen atoms in total. The van der Waals surface area contributed by atoms with E-state index in [4.69, 9.17) is 9.15 Å². The van der Waals surface area contributed by atoms with Crippen LogP contribution in [0.4, 0.5) is 0 Å². The monoisotopic (exact) mass is 377 g/mol. The summed E-state index contributed by atoms with van der Waals surface area (Å²) in [5.74, 6) is 2.49. The van der Waals surface area contributed by atoms with Crippen LogP contribution in [-0.2, 0) is 6.42 Å². The summed E-state index contributed by atoms with van der Waals surface area (Å²) in [5, 5.41) is 0. The van der Waals surface area contributed by atoms with Crippen LogP contribution < -0.4 is 4.74 Å². The van der Waals surface area contributed by atoms with Crippen molar-refractivity contribution in [2.75, 3.05) is 20.2 Å². The molecule has 0 N–H and O–H groups in total. The number of pyridine rings is 1. The number of carbonyl (C=O) groups excluding carboxylic acids is 1. The van der Waals surface area contributed by atoms with Crippen LogP contribution in [0.3, 0.4) is 0 Å². The van der Waals surface area contributed by atoms with Gasteiger partial charge in [0.25, 0.3) is 5.91 Å². The molecule has 1 atom stereocenters. The second-order valence-corrected chi connectivity index (χ2v) is 7.03. The number of hydrogen-bond donors (Lipinski definition) is 0. The van der Waals surface area contributed by atoms with Crippen molar-refractivity contribution in [1.29, 1.82) is 0 Å². The summed E-state index contributed by atoms with van der Waals surface area (Å²) in [6, 6.07) is 11.5. The van der Waals surface area contributed by atoms with E-state index in [1.807, 2.05) is 29.2 Å².